The molecule has 1 N–H and O–H groups in total. The van der Waals surface area contributed by atoms with Crippen molar-refractivity contribution in [2.75, 3.05) is 0 Å². The Morgan fingerprint density at radius 1 is 0.875 bits per heavy atom. The van der Waals surface area contributed by atoms with Gasteiger partial charge in [0, 0.05) is 6.42 Å². The maximum atomic E-state index is 11.3. The lowest BCUT2D eigenvalue weighted by Gasteiger charge is -2.43. The second kappa shape index (κ2) is 12.7. The first-order valence-corrected chi connectivity index (χ1v) is 10.5. The summed E-state index contributed by atoms with van der Waals surface area (Å²) in [5.41, 5.74) is -0.851. The van der Waals surface area contributed by atoms with Crippen molar-refractivity contribution in [2.24, 2.45) is 0 Å². The Hall–Kier alpha value is -0.570. The zero-order valence-electron chi connectivity index (χ0n) is 16.2. The monoisotopic (exact) mass is 340 g/mol. The second-order valence-corrected chi connectivity index (χ2v) is 7.78. The maximum Gasteiger partial charge on any atom is 0.336 e. The van der Waals surface area contributed by atoms with Gasteiger partial charge in [0.15, 0.2) is 5.60 Å². The Morgan fingerprint density at radius 2 is 1.25 bits per heavy atom. The molecule has 1 aliphatic heterocycles. The van der Waals surface area contributed by atoms with Crippen molar-refractivity contribution in [1.82, 2.24) is 0 Å². The standard InChI is InChI=1S/C21H40O3/c1-3-4-5-6-7-8-9-10-11-12-13-14-15-16-17-21(20(22)23)18-19(2)24-21/h19H,3-18H2,1-2H3,(H,22,23). The van der Waals surface area contributed by atoms with Gasteiger partial charge in [0.1, 0.15) is 0 Å². The summed E-state index contributed by atoms with van der Waals surface area (Å²) in [5.74, 6) is -0.768. The zero-order chi connectivity index (χ0) is 17.7. The van der Waals surface area contributed by atoms with Crippen molar-refractivity contribution in [3.8, 4) is 0 Å². The molecule has 0 amide bonds. The average Bonchev–Trinajstić information content (AvgIpc) is 2.52. The molecule has 0 aromatic carbocycles. The Morgan fingerprint density at radius 3 is 1.58 bits per heavy atom. The maximum absolute atomic E-state index is 11.3. The van der Waals surface area contributed by atoms with Gasteiger partial charge in [-0.2, -0.15) is 0 Å². The van der Waals surface area contributed by atoms with Gasteiger partial charge in [-0.3, -0.25) is 0 Å². The first kappa shape index (κ1) is 21.5. The van der Waals surface area contributed by atoms with Gasteiger partial charge < -0.3 is 9.84 Å². The molecule has 1 saturated heterocycles. The molecule has 1 fully saturated rings. The molecule has 3 nitrogen and oxygen atoms in total. The van der Waals surface area contributed by atoms with E-state index in [-0.39, 0.29) is 6.10 Å². The number of unbranched alkanes of at least 4 members (excludes halogenated alkanes) is 13. The molecule has 142 valence electrons. The van der Waals surface area contributed by atoms with Crippen molar-refractivity contribution >= 4 is 5.97 Å². The molecule has 0 spiro atoms. The van der Waals surface area contributed by atoms with Crippen LogP contribution in [0.2, 0.25) is 0 Å². The minimum absolute atomic E-state index is 0.118. The fourth-order valence-corrected chi connectivity index (χ4v) is 3.85. The van der Waals surface area contributed by atoms with Crippen molar-refractivity contribution in [3.05, 3.63) is 0 Å². The number of carboxylic acids is 1. The van der Waals surface area contributed by atoms with Crippen molar-refractivity contribution in [1.29, 1.82) is 0 Å². The molecule has 1 aliphatic rings. The summed E-state index contributed by atoms with van der Waals surface area (Å²) in [6.45, 7) is 4.22. The van der Waals surface area contributed by atoms with E-state index in [1.54, 1.807) is 0 Å². The molecular weight excluding hydrogens is 300 g/mol. The van der Waals surface area contributed by atoms with Crippen LogP contribution in [-0.2, 0) is 9.53 Å². The summed E-state index contributed by atoms with van der Waals surface area (Å²) in [4.78, 5) is 11.3. The third-order valence-electron chi connectivity index (χ3n) is 5.37. The number of aliphatic carboxylic acids is 1. The van der Waals surface area contributed by atoms with Gasteiger partial charge >= 0.3 is 5.97 Å². The minimum atomic E-state index is -0.851. The van der Waals surface area contributed by atoms with E-state index in [1.165, 1.54) is 77.0 Å². The Bertz CT molecular complexity index is 321. The summed E-state index contributed by atoms with van der Waals surface area (Å²) < 4.78 is 5.50. The smallest absolute Gasteiger partial charge is 0.336 e. The molecule has 3 heteroatoms. The van der Waals surface area contributed by atoms with Crippen LogP contribution >= 0.6 is 0 Å². The number of rotatable bonds is 16. The van der Waals surface area contributed by atoms with Crippen molar-refractivity contribution in [2.45, 2.75) is 128 Å². The molecule has 0 aliphatic carbocycles. The van der Waals surface area contributed by atoms with Crippen LogP contribution in [0, 0.1) is 0 Å². The first-order valence-electron chi connectivity index (χ1n) is 10.5. The van der Waals surface area contributed by atoms with E-state index >= 15 is 0 Å². The van der Waals surface area contributed by atoms with E-state index in [9.17, 15) is 9.90 Å². The molecular formula is C21H40O3. The number of carbonyl (C=O) groups is 1. The average molecular weight is 341 g/mol. The molecule has 2 atom stereocenters. The molecule has 0 aromatic heterocycles. The van der Waals surface area contributed by atoms with Crippen molar-refractivity contribution in [3.63, 3.8) is 0 Å². The second-order valence-electron chi connectivity index (χ2n) is 7.78. The lowest BCUT2D eigenvalue weighted by Crippen LogP contribution is -2.55. The fourth-order valence-electron chi connectivity index (χ4n) is 3.85. The SMILES string of the molecule is CCCCCCCCCCCCCCCCC1(C(=O)O)CC(C)O1. The third-order valence-corrected chi connectivity index (χ3v) is 5.37. The highest BCUT2D eigenvalue weighted by Crippen LogP contribution is 2.37. The van der Waals surface area contributed by atoms with Gasteiger partial charge in [0.2, 0.25) is 0 Å². The summed E-state index contributed by atoms with van der Waals surface area (Å²) in [5, 5.41) is 9.28. The molecule has 0 aromatic rings. The van der Waals surface area contributed by atoms with Crippen LogP contribution in [0.15, 0.2) is 0 Å². The van der Waals surface area contributed by atoms with E-state index in [2.05, 4.69) is 6.92 Å². The Balaban J connectivity index is 1.82. The number of ether oxygens (including phenoxy) is 1. The van der Waals surface area contributed by atoms with Crippen LogP contribution in [0.25, 0.3) is 0 Å². The van der Waals surface area contributed by atoms with Crippen LogP contribution < -0.4 is 0 Å². The van der Waals surface area contributed by atoms with Crippen LogP contribution in [-0.4, -0.2) is 22.8 Å². The van der Waals surface area contributed by atoms with E-state index < -0.39 is 11.6 Å². The van der Waals surface area contributed by atoms with Gasteiger partial charge in [-0.15, -0.1) is 0 Å². The van der Waals surface area contributed by atoms with E-state index in [0.717, 1.165) is 12.8 Å². The topological polar surface area (TPSA) is 46.5 Å². The van der Waals surface area contributed by atoms with Gasteiger partial charge in [-0.05, 0) is 19.8 Å². The predicted molar refractivity (Wildman–Crippen MR) is 100 cm³/mol. The van der Waals surface area contributed by atoms with Gasteiger partial charge in [-0.25, -0.2) is 4.79 Å². The molecule has 0 saturated carbocycles. The molecule has 2 unspecified atom stereocenters. The van der Waals surface area contributed by atoms with E-state index in [4.69, 9.17) is 4.74 Å². The highest BCUT2D eigenvalue weighted by molar-refractivity contribution is 5.78. The van der Waals surface area contributed by atoms with Crippen LogP contribution in [0.3, 0.4) is 0 Å². The number of carboxylic acid groups (broad SMARTS) is 1. The summed E-state index contributed by atoms with van der Waals surface area (Å²) in [6.07, 6.45) is 20.1. The zero-order valence-corrected chi connectivity index (χ0v) is 16.2. The minimum Gasteiger partial charge on any atom is -0.479 e. The molecule has 24 heavy (non-hydrogen) atoms. The molecule has 1 rings (SSSR count). The normalized spacial score (nSPS) is 23.2. The highest BCUT2D eigenvalue weighted by Gasteiger charge is 2.49. The van der Waals surface area contributed by atoms with Crippen molar-refractivity contribution < 1.29 is 14.6 Å². The van der Waals surface area contributed by atoms with Crippen LogP contribution in [0.5, 0.6) is 0 Å². The van der Waals surface area contributed by atoms with Crippen LogP contribution in [0.4, 0.5) is 0 Å². The fraction of sp³-hybridized carbons (Fsp3) is 0.952. The largest absolute Gasteiger partial charge is 0.479 e. The summed E-state index contributed by atoms with van der Waals surface area (Å²) in [6, 6.07) is 0. The first-order chi connectivity index (χ1) is 11.6. The Labute approximate surface area is 149 Å². The Kier molecular flexibility index (Phi) is 11.4. The van der Waals surface area contributed by atoms with E-state index in [0.29, 0.717) is 12.8 Å². The third kappa shape index (κ3) is 8.50. The molecule has 0 bridgehead atoms. The molecule has 1 heterocycles. The lowest BCUT2D eigenvalue weighted by atomic mass is 9.84. The molecule has 0 radical (unpaired) electrons. The van der Waals surface area contributed by atoms with Gasteiger partial charge in [0.25, 0.3) is 0 Å². The van der Waals surface area contributed by atoms with E-state index in [1.807, 2.05) is 6.92 Å². The van der Waals surface area contributed by atoms with Gasteiger partial charge in [-0.1, -0.05) is 90.4 Å². The lowest BCUT2D eigenvalue weighted by molar-refractivity contribution is -0.220. The summed E-state index contributed by atoms with van der Waals surface area (Å²) >= 11 is 0. The highest BCUT2D eigenvalue weighted by atomic mass is 16.6. The number of hydrogen-bond donors (Lipinski definition) is 1. The number of hydrogen-bond acceptors (Lipinski definition) is 2. The summed E-state index contributed by atoms with van der Waals surface area (Å²) in [7, 11) is 0. The van der Waals surface area contributed by atoms with Gasteiger partial charge in [0.05, 0.1) is 6.10 Å². The quantitative estimate of drug-likeness (QED) is 0.327. The predicted octanol–water partition coefficient (Wildman–Crippen LogP) is 6.49. The van der Waals surface area contributed by atoms with Crippen LogP contribution in [0.1, 0.15) is 117 Å².